The number of nitrogens with one attached hydrogen (secondary N) is 1. The number of hydrogen-bond donors (Lipinski definition) is 1. The van der Waals surface area contributed by atoms with Gasteiger partial charge in [0.25, 0.3) is 5.95 Å². The van der Waals surface area contributed by atoms with Crippen LogP contribution in [0.3, 0.4) is 0 Å². The predicted octanol–water partition coefficient (Wildman–Crippen LogP) is 0.797. The van der Waals surface area contributed by atoms with Crippen LogP contribution in [0.15, 0.2) is 10.7 Å². The third-order valence-electron chi connectivity index (χ3n) is 3.82. The normalized spacial score (nSPS) is 21.5. The highest BCUT2D eigenvalue weighted by Crippen LogP contribution is 2.30. The van der Waals surface area contributed by atoms with E-state index >= 15 is 0 Å². The molecule has 0 amide bonds. The molecule has 2 aromatic rings. The third-order valence-corrected chi connectivity index (χ3v) is 3.82. The zero-order valence-electron chi connectivity index (χ0n) is 13.4. The van der Waals surface area contributed by atoms with Gasteiger partial charge in [0.2, 0.25) is 5.89 Å². The number of hydrogen-bond acceptors (Lipinski definition) is 7. The number of anilines is 1. The Bertz CT molecular complexity index is 635. The van der Waals surface area contributed by atoms with E-state index in [0.29, 0.717) is 18.4 Å². The van der Waals surface area contributed by atoms with Crippen molar-refractivity contribution in [3.05, 3.63) is 23.3 Å². The molecule has 1 N–H and O–H groups in total. The van der Waals surface area contributed by atoms with Crippen LogP contribution in [0.1, 0.15) is 29.7 Å². The van der Waals surface area contributed by atoms with E-state index in [1.54, 1.807) is 0 Å². The molecule has 0 radical (unpaired) electrons. The summed E-state index contributed by atoms with van der Waals surface area (Å²) in [6.07, 6.45) is 3.00. The molecule has 0 bridgehead atoms. The Morgan fingerprint density at radius 1 is 1.45 bits per heavy atom. The van der Waals surface area contributed by atoms with Crippen molar-refractivity contribution in [1.29, 1.82) is 0 Å². The SMILES string of the molecule is Cc1nn(C)cc1[C@H]1OCC[C@@H]1NCc1nc(N(C)C)no1. The van der Waals surface area contributed by atoms with Gasteiger partial charge in [0, 0.05) is 45.6 Å². The van der Waals surface area contributed by atoms with Crippen LogP contribution in [0.25, 0.3) is 0 Å². The first-order valence-electron chi connectivity index (χ1n) is 7.39. The fourth-order valence-corrected chi connectivity index (χ4v) is 2.72. The summed E-state index contributed by atoms with van der Waals surface area (Å²) in [5.74, 6) is 1.16. The molecule has 0 aliphatic carbocycles. The maximum Gasteiger partial charge on any atom is 0.265 e. The second-order valence-corrected chi connectivity index (χ2v) is 5.79. The zero-order chi connectivity index (χ0) is 15.7. The highest BCUT2D eigenvalue weighted by atomic mass is 16.5. The van der Waals surface area contributed by atoms with Gasteiger partial charge in [0.05, 0.1) is 12.2 Å². The van der Waals surface area contributed by atoms with Gasteiger partial charge < -0.3 is 19.5 Å². The molecule has 3 heterocycles. The maximum atomic E-state index is 5.89. The van der Waals surface area contributed by atoms with Gasteiger partial charge in [0.15, 0.2) is 0 Å². The fraction of sp³-hybridized carbons (Fsp3) is 0.643. The van der Waals surface area contributed by atoms with Gasteiger partial charge in [-0.2, -0.15) is 10.1 Å². The van der Waals surface area contributed by atoms with E-state index in [1.807, 2.05) is 43.8 Å². The van der Waals surface area contributed by atoms with E-state index in [2.05, 4.69) is 20.6 Å². The lowest BCUT2D eigenvalue weighted by molar-refractivity contribution is 0.0973. The van der Waals surface area contributed by atoms with Crippen molar-refractivity contribution < 1.29 is 9.26 Å². The van der Waals surface area contributed by atoms with Crippen LogP contribution in [-0.2, 0) is 18.3 Å². The minimum atomic E-state index is 0.0185. The molecule has 0 spiro atoms. The summed E-state index contributed by atoms with van der Waals surface area (Å²) in [6.45, 7) is 3.28. The summed E-state index contributed by atoms with van der Waals surface area (Å²) in [6, 6.07) is 0.220. The highest BCUT2D eigenvalue weighted by molar-refractivity contribution is 5.24. The molecule has 1 aliphatic rings. The molecule has 8 heteroatoms. The van der Waals surface area contributed by atoms with Gasteiger partial charge in [-0.05, 0) is 18.5 Å². The molecular formula is C14H22N6O2. The second-order valence-electron chi connectivity index (χ2n) is 5.79. The van der Waals surface area contributed by atoms with Crippen molar-refractivity contribution in [2.45, 2.75) is 32.0 Å². The molecule has 0 saturated carbocycles. The Hall–Kier alpha value is -1.93. The minimum absolute atomic E-state index is 0.0185. The highest BCUT2D eigenvalue weighted by Gasteiger charge is 2.32. The Labute approximate surface area is 129 Å². The topological polar surface area (TPSA) is 81.2 Å². The van der Waals surface area contributed by atoms with Crippen LogP contribution in [0.5, 0.6) is 0 Å². The Morgan fingerprint density at radius 3 is 2.91 bits per heavy atom. The quantitative estimate of drug-likeness (QED) is 0.875. The van der Waals surface area contributed by atoms with Gasteiger partial charge in [-0.25, -0.2) is 0 Å². The average Bonchev–Trinajstić information content (AvgIpc) is 3.16. The fourth-order valence-electron chi connectivity index (χ4n) is 2.72. The molecule has 120 valence electrons. The minimum Gasteiger partial charge on any atom is -0.372 e. The van der Waals surface area contributed by atoms with Gasteiger partial charge in [-0.1, -0.05) is 0 Å². The van der Waals surface area contributed by atoms with Crippen molar-refractivity contribution in [1.82, 2.24) is 25.2 Å². The van der Waals surface area contributed by atoms with E-state index in [4.69, 9.17) is 9.26 Å². The van der Waals surface area contributed by atoms with E-state index in [1.165, 1.54) is 0 Å². The van der Waals surface area contributed by atoms with Crippen LogP contribution >= 0.6 is 0 Å². The van der Waals surface area contributed by atoms with Crippen LogP contribution in [0.2, 0.25) is 0 Å². The van der Waals surface area contributed by atoms with Gasteiger partial charge in [-0.3, -0.25) is 4.68 Å². The van der Waals surface area contributed by atoms with E-state index in [9.17, 15) is 0 Å². The van der Waals surface area contributed by atoms with Crippen molar-refractivity contribution in [3.8, 4) is 0 Å². The van der Waals surface area contributed by atoms with Crippen LogP contribution in [0.4, 0.5) is 5.95 Å². The lowest BCUT2D eigenvalue weighted by Gasteiger charge is -2.18. The van der Waals surface area contributed by atoms with E-state index in [0.717, 1.165) is 24.3 Å². The number of ether oxygens (including phenoxy) is 1. The summed E-state index contributed by atoms with van der Waals surface area (Å²) >= 11 is 0. The molecule has 2 atom stereocenters. The van der Waals surface area contributed by atoms with Crippen LogP contribution in [0, 0.1) is 6.92 Å². The van der Waals surface area contributed by atoms with Crippen LogP contribution in [-0.4, -0.2) is 46.7 Å². The molecule has 22 heavy (non-hydrogen) atoms. The largest absolute Gasteiger partial charge is 0.372 e. The Kier molecular flexibility index (Phi) is 4.12. The molecule has 0 unspecified atom stereocenters. The van der Waals surface area contributed by atoms with E-state index in [-0.39, 0.29) is 12.1 Å². The lowest BCUT2D eigenvalue weighted by Crippen LogP contribution is -2.31. The summed E-state index contributed by atoms with van der Waals surface area (Å²) in [7, 11) is 5.69. The standard InChI is InChI=1S/C14H22N6O2/c1-9-10(8-20(4)17-9)13-11(5-6-21-13)15-7-12-16-14(18-22-12)19(2)3/h8,11,13,15H,5-7H2,1-4H3/t11-,13+/m0/s1. The molecule has 1 aliphatic heterocycles. The number of rotatable bonds is 5. The lowest BCUT2D eigenvalue weighted by atomic mass is 10.0. The predicted molar refractivity (Wildman–Crippen MR) is 80.5 cm³/mol. The zero-order valence-corrected chi connectivity index (χ0v) is 13.4. The van der Waals surface area contributed by atoms with Crippen molar-refractivity contribution in [2.75, 3.05) is 25.6 Å². The smallest absolute Gasteiger partial charge is 0.265 e. The van der Waals surface area contributed by atoms with Gasteiger partial charge in [0.1, 0.15) is 6.10 Å². The Morgan fingerprint density at radius 2 is 2.27 bits per heavy atom. The maximum absolute atomic E-state index is 5.89. The van der Waals surface area contributed by atoms with E-state index < -0.39 is 0 Å². The second kappa shape index (κ2) is 6.05. The van der Waals surface area contributed by atoms with Crippen LogP contribution < -0.4 is 10.2 Å². The van der Waals surface area contributed by atoms with Crippen molar-refractivity contribution in [3.63, 3.8) is 0 Å². The molecular weight excluding hydrogens is 284 g/mol. The summed E-state index contributed by atoms with van der Waals surface area (Å²) < 4.78 is 12.9. The molecule has 3 rings (SSSR count). The number of aryl methyl sites for hydroxylation is 2. The molecule has 2 aromatic heterocycles. The van der Waals surface area contributed by atoms with Gasteiger partial charge in [-0.15, -0.1) is 0 Å². The summed E-state index contributed by atoms with van der Waals surface area (Å²) in [4.78, 5) is 6.13. The average molecular weight is 306 g/mol. The van der Waals surface area contributed by atoms with Gasteiger partial charge >= 0.3 is 0 Å². The molecule has 0 aromatic carbocycles. The molecule has 8 nitrogen and oxygen atoms in total. The Balaban J connectivity index is 1.65. The first kappa shape index (κ1) is 15.0. The molecule has 1 saturated heterocycles. The van der Waals surface area contributed by atoms with Crippen molar-refractivity contribution >= 4 is 5.95 Å². The monoisotopic (exact) mass is 306 g/mol. The first-order valence-corrected chi connectivity index (χ1v) is 7.39. The summed E-state index contributed by atoms with van der Waals surface area (Å²) in [5.41, 5.74) is 2.14. The number of aromatic nitrogens is 4. The summed E-state index contributed by atoms with van der Waals surface area (Å²) in [5, 5.41) is 11.8. The third kappa shape index (κ3) is 2.97. The van der Waals surface area contributed by atoms with Crippen molar-refractivity contribution in [2.24, 2.45) is 7.05 Å². The molecule has 1 fully saturated rings. The first-order chi connectivity index (χ1) is 10.5. The number of nitrogens with zero attached hydrogens (tertiary/aromatic N) is 5.